The second kappa shape index (κ2) is 1.68. The van der Waals surface area contributed by atoms with Gasteiger partial charge >= 0.3 is 6.41 Å². The molecule has 0 aliphatic carbocycles. The minimum Gasteiger partial charge on any atom is -0.309 e. The van der Waals surface area contributed by atoms with E-state index in [1.165, 1.54) is 0 Å². The molecule has 36 valence electrons. The van der Waals surface area contributed by atoms with Crippen molar-refractivity contribution >= 4 is 0 Å². The summed E-state index contributed by atoms with van der Waals surface area (Å²) in [6.45, 7) is 0. The van der Waals surface area contributed by atoms with E-state index in [-0.39, 0.29) is 0 Å². The lowest BCUT2D eigenvalue weighted by Crippen LogP contribution is -2.16. The molecule has 6 heavy (non-hydrogen) atoms. The predicted molar refractivity (Wildman–Crippen MR) is 15.2 cm³/mol. The quantitative estimate of drug-likeness (QED) is 0.235. The van der Waals surface area contributed by atoms with Crippen molar-refractivity contribution in [3.63, 3.8) is 0 Å². The van der Waals surface area contributed by atoms with Crippen molar-refractivity contribution < 1.29 is 15.1 Å². The Labute approximate surface area is 33.0 Å². The molecule has 0 unspecified atom stereocenters. The average molecular weight is 93.0 g/mol. The minimum atomic E-state index is -2.43. The van der Waals surface area contributed by atoms with Gasteiger partial charge in [0.15, 0.2) is 0 Å². The molecule has 0 spiro atoms. The maximum Gasteiger partial charge on any atom is 0.427 e. The zero-order valence-electron chi connectivity index (χ0n) is 2.74. The smallest absolute Gasteiger partial charge is 0.309 e. The fourth-order valence-corrected chi connectivity index (χ4v) is 0. The predicted octanol–water partition coefficient (Wildman–Crippen LogP) is -1.47. The molecule has 0 saturated heterocycles. The number of nitro groups is 1. The number of hydrogen-bond acceptors (Lipinski definition) is 4. The average Bonchev–Trinajstić information content (AvgIpc) is 1.36. The Hall–Kier alpha value is -0.680. The van der Waals surface area contributed by atoms with Crippen LogP contribution >= 0.6 is 0 Å². The third-order valence-corrected chi connectivity index (χ3v) is 0.189. The van der Waals surface area contributed by atoms with Gasteiger partial charge in [-0.15, -0.1) is 0 Å². The molecule has 0 fully saturated rings. The zero-order valence-corrected chi connectivity index (χ0v) is 2.74. The van der Waals surface area contributed by atoms with Gasteiger partial charge in [-0.2, -0.15) is 0 Å². The molecule has 5 nitrogen and oxygen atoms in total. The van der Waals surface area contributed by atoms with Gasteiger partial charge in [-0.25, -0.2) is 0 Å². The highest BCUT2D eigenvalue weighted by atomic mass is 16.7. The highest BCUT2D eigenvalue weighted by molar-refractivity contribution is 4.03. The number of hydrogen-bond donors (Lipinski definition) is 2. The summed E-state index contributed by atoms with van der Waals surface area (Å²) in [7, 11) is 0. The molecule has 0 bridgehead atoms. The van der Waals surface area contributed by atoms with Gasteiger partial charge in [-0.05, 0) is 0 Å². The molecule has 0 aromatic heterocycles. The van der Waals surface area contributed by atoms with Crippen LogP contribution in [-0.2, 0) is 0 Å². The van der Waals surface area contributed by atoms with Gasteiger partial charge in [0, 0.05) is 0 Å². The second-order valence-electron chi connectivity index (χ2n) is 0.632. The van der Waals surface area contributed by atoms with Crippen LogP contribution in [0.3, 0.4) is 0 Å². The van der Waals surface area contributed by atoms with Crippen molar-refractivity contribution in [2.45, 2.75) is 6.41 Å². The highest BCUT2D eigenvalue weighted by Crippen LogP contribution is 1.69. The molecule has 0 aliphatic heterocycles. The molecule has 0 saturated carbocycles. The maximum absolute atomic E-state index is 9.00. The standard InChI is InChI=1S/CH3NO4/c3-1(4)2(5)6/h1,3-4H. The monoisotopic (exact) mass is 93.0 g/mol. The number of aliphatic hydroxyl groups is 2. The van der Waals surface area contributed by atoms with E-state index in [0.717, 1.165) is 0 Å². The van der Waals surface area contributed by atoms with Crippen LogP contribution < -0.4 is 0 Å². The Kier molecular flexibility index (Phi) is 1.49. The van der Waals surface area contributed by atoms with Crippen molar-refractivity contribution in [2.24, 2.45) is 0 Å². The molecule has 0 aromatic carbocycles. The minimum absolute atomic E-state index is 1.22. The van der Waals surface area contributed by atoms with E-state index in [9.17, 15) is 0 Å². The van der Waals surface area contributed by atoms with Gasteiger partial charge in [-0.1, -0.05) is 0 Å². The molecule has 0 heterocycles. The van der Waals surface area contributed by atoms with Crippen molar-refractivity contribution in [3.8, 4) is 0 Å². The highest BCUT2D eigenvalue weighted by Gasteiger charge is 2.04. The summed E-state index contributed by atoms with van der Waals surface area (Å²) in [4.78, 5) is 7.78. The Morgan fingerprint density at radius 1 is 1.67 bits per heavy atom. The second-order valence-corrected chi connectivity index (χ2v) is 0.632. The van der Waals surface area contributed by atoms with Crippen molar-refractivity contribution in [2.75, 3.05) is 0 Å². The molecule has 0 amide bonds. The van der Waals surface area contributed by atoms with E-state index in [1.807, 2.05) is 0 Å². The van der Waals surface area contributed by atoms with Gasteiger partial charge in [-0.3, -0.25) is 10.1 Å². The lowest BCUT2D eigenvalue weighted by molar-refractivity contribution is -0.622. The third kappa shape index (κ3) is 1.62. The first-order valence-electron chi connectivity index (χ1n) is 1.14. The lowest BCUT2D eigenvalue weighted by atomic mass is 11.2. The van der Waals surface area contributed by atoms with E-state index >= 15 is 0 Å². The summed E-state index contributed by atoms with van der Waals surface area (Å²) in [5, 5.41) is 24.0. The summed E-state index contributed by atoms with van der Waals surface area (Å²) in [6.07, 6.45) is -2.43. The van der Waals surface area contributed by atoms with Gasteiger partial charge < -0.3 is 10.2 Å². The normalized spacial score (nSPS) is 9.17. The van der Waals surface area contributed by atoms with Crippen LogP contribution in [-0.4, -0.2) is 21.6 Å². The maximum atomic E-state index is 9.00. The lowest BCUT2D eigenvalue weighted by Gasteiger charge is -1.86. The molecule has 5 heteroatoms. The van der Waals surface area contributed by atoms with Gasteiger partial charge in [0.2, 0.25) is 0 Å². The molecule has 0 aromatic rings. The summed E-state index contributed by atoms with van der Waals surface area (Å²) in [5.41, 5.74) is 0. The SMILES string of the molecule is O=[N+]([O-])C(O)O. The molecule has 2 N–H and O–H groups in total. The fourth-order valence-electron chi connectivity index (χ4n) is 0. The largest absolute Gasteiger partial charge is 0.427 e. The fraction of sp³-hybridized carbons (Fsp3) is 1.00. The van der Waals surface area contributed by atoms with Crippen molar-refractivity contribution in [3.05, 3.63) is 10.1 Å². The number of rotatable bonds is 1. The van der Waals surface area contributed by atoms with Crippen LogP contribution in [0.1, 0.15) is 0 Å². The third-order valence-electron chi connectivity index (χ3n) is 0.189. The molecular weight excluding hydrogens is 90.0 g/mol. The Morgan fingerprint density at radius 3 is 1.83 bits per heavy atom. The molecule has 0 radical (unpaired) electrons. The van der Waals surface area contributed by atoms with Crippen LogP contribution in [0.4, 0.5) is 0 Å². The first-order chi connectivity index (χ1) is 2.64. The summed E-state index contributed by atoms with van der Waals surface area (Å²) < 4.78 is 0. The summed E-state index contributed by atoms with van der Waals surface area (Å²) in [6, 6.07) is 0. The molecular formula is CH3NO4. The topological polar surface area (TPSA) is 83.6 Å². The first-order valence-corrected chi connectivity index (χ1v) is 1.14. The molecule has 0 atom stereocenters. The van der Waals surface area contributed by atoms with Crippen LogP contribution in [0.15, 0.2) is 0 Å². The van der Waals surface area contributed by atoms with E-state index < -0.39 is 11.3 Å². The van der Waals surface area contributed by atoms with Gasteiger partial charge in [0.1, 0.15) is 0 Å². The molecule has 0 aliphatic rings. The van der Waals surface area contributed by atoms with Crippen LogP contribution in [0.5, 0.6) is 0 Å². The Morgan fingerprint density at radius 2 is 1.83 bits per heavy atom. The first kappa shape index (κ1) is 5.32. The number of aliphatic hydroxyl groups excluding tert-OH is 1. The van der Waals surface area contributed by atoms with Gasteiger partial charge in [0.25, 0.3) is 0 Å². The molecule has 0 rings (SSSR count). The number of nitrogens with zero attached hydrogens (tertiary/aromatic N) is 1. The van der Waals surface area contributed by atoms with Crippen molar-refractivity contribution in [1.82, 2.24) is 0 Å². The Balaban J connectivity index is 3.26. The Bertz CT molecular complexity index is 58.6. The van der Waals surface area contributed by atoms with Crippen molar-refractivity contribution in [1.29, 1.82) is 0 Å². The zero-order chi connectivity index (χ0) is 5.15. The summed E-state index contributed by atoms with van der Waals surface area (Å²) in [5.74, 6) is 0. The van der Waals surface area contributed by atoms with Crippen LogP contribution in [0, 0.1) is 10.1 Å². The van der Waals surface area contributed by atoms with E-state index in [1.54, 1.807) is 0 Å². The summed E-state index contributed by atoms with van der Waals surface area (Å²) >= 11 is 0. The van der Waals surface area contributed by atoms with Crippen LogP contribution in [0.2, 0.25) is 0 Å². The van der Waals surface area contributed by atoms with E-state index in [4.69, 9.17) is 20.3 Å². The van der Waals surface area contributed by atoms with E-state index in [2.05, 4.69) is 0 Å². The van der Waals surface area contributed by atoms with Crippen LogP contribution in [0.25, 0.3) is 0 Å². The van der Waals surface area contributed by atoms with E-state index in [0.29, 0.717) is 0 Å². The van der Waals surface area contributed by atoms with Gasteiger partial charge in [0.05, 0.1) is 4.92 Å².